The summed E-state index contributed by atoms with van der Waals surface area (Å²) in [6, 6.07) is 1.88. The quantitative estimate of drug-likeness (QED) is 0.940. The first-order valence-corrected chi connectivity index (χ1v) is 8.40. The maximum Gasteiger partial charge on any atom is 0.318 e. The summed E-state index contributed by atoms with van der Waals surface area (Å²) in [6.45, 7) is 5.23. The molecule has 1 saturated heterocycles. The molecule has 1 atom stereocenters. The van der Waals surface area contributed by atoms with Crippen LogP contribution in [-0.2, 0) is 6.42 Å². The van der Waals surface area contributed by atoms with Crippen molar-refractivity contribution in [3.8, 4) is 0 Å². The maximum atomic E-state index is 12.4. The van der Waals surface area contributed by atoms with Gasteiger partial charge in [-0.2, -0.15) is 0 Å². The molecule has 0 spiro atoms. The number of thiazole rings is 1. The van der Waals surface area contributed by atoms with Gasteiger partial charge in [-0.05, 0) is 26.7 Å². The third kappa shape index (κ3) is 3.30. The molecule has 0 aromatic carbocycles. The van der Waals surface area contributed by atoms with Crippen LogP contribution >= 0.6 is 11.3 Å². The number of carbonyl (C=O) groups excluding carboxylic acids is 1. The molecule has 2 aromatic rings. The fraction of sp³-hybridized carbons (Fsp3) is 0.533. The van der Waals surface area contributed by atoms with Crippen molar-refractivity contribution in [1.29, 1.82) is 0 Å². The van der Waals surface area contributed by atoms with Gasteiger partial charge in [0.15, 0.2) is 5.76 Å². The van der Waals surface area contributed by atoms with Crippen LogP contribution in [0.25, 0.3) is 0 Å². The Morgan fingerprint density at radius 3 is 3.09 bits per heavy atom. The Bertz CT molecular complexity index is 652. The van der Waals surface area contributed by atoms with Crippen molar-refractivity contribution in [3.63, 3.8) is 0 Å². The second-order valence-electron chi connectivity index (χ2n) is 5.56. The van der Waals surface area contributed by atoms with Gasteiger partial charge >= 0.3 is 6.03 Å². The van der Waals surface area contributed by atoms with Crippen LogP contribution in [0.15, 0.2) is 16.0 Å². The molecule has 0 radical (unpaired) electrons. The van der Waals surface area contributed by atoms with Gasteiger partial charge in [0.05, 0.1) is 22.4 Å². The van der Waals surface area contributed by atoms with Crippen LogP contribution in [0.2, 0.25) is 0 Å². The van der Waals surface area contributed by atoms with Crippen molar-refractivity contribution in [2.24, 2.45) is 0 Å². The molecule has 1 N–H and O–H groups in total. The summed E-state index contributed by atoms with van der Waals surface area (Å²) < 4.78 is 5.32. The van der Waals surface area contributed by atoms with E-state index in [1.165, 1.54) is 0 Å². The molecule has 118 valence electrons. The topological polar surface area (TPSA) is 71.3 Å². The number of likely N-dealkylation sites (tertiary alicyclic amines) is 1. The number of carbonyl (C=O) groups is 1. The predicted octanol–water partition coefficient (Wildman–Crippen LogP) is 2.84. The van der Waals surface area contributed by atoms with Crippen LogP contribution in [0.5, 0.6) is 0 Å². The van der Waals surface area contributed by atoms with E-state index in [2.05, 4.69) is 15.5 Å². The summed E-state index contributed by atoms with van der Waals surface area (Å²) in [7, 11) is 0. The van der Waals surface area contributed by atoms with E-state index in [1.807, 2.05) is 30.2 Å². The number of aryl methyl sites for hydroxylation is 2. The summed E-state index contributed by atoms with van der Waals surface area (Å²) in [5, 5.41) is 9.99. The standard InChI is InChI=1S/C15H20N4O2S/c1-10-8-14(21-18-10)13-4-3-7-19(13)15(20)16-6-5-12-9-22-11(2)17-12/h8-9,13H,3-7H2,1-2H3,(H,16,20)/t13-/m0/s1. The highest BCUT2D eigenvalue weighted by atomic mass is 32.1. The lowest BCUT2D eigenvalue weighted by Gasteiger charge is -2.22. The van der Waals surface area contributed by atoms with Crippen molar-refractivity contribution >= 4 is 17.4 Å². The van der Waals surface area contributed by atoms with Crippen LogP contribution < -0.4 is 5.32 Å². The highest BCUT2D eigenvalue weighted by Crippen LogP contribution is 2.32. The van der Waals surface area contributed by atoms with Crippen LogP contribution in [0.1, 0.15) is 41.0 Å². The fourth-order valence-corrected chi connectivity index (χ4v) is 3.42. The zero-order valence-corrected chi connectivity index (χ0v) is 13.7. The van der Waals surface area contributed by atoms with Gasteiger partial charge in [0.25, 0.3) is 0 Å². The normalized spacial score (nSPS) is 17.9. The molecule has 7 heteroatoms. The minimum Gasteiger partial charge on any atom is -0.359 e. The minimum atomic E-state index is -0.0384. The van der Waals surface area contributed by atoms with E-state index in [0.29, 0.717) is 6.54 Å². The lowest BCUT2D eigenvalue weighted by molar-refractivity contribution is 0.182. The molecule has 1 aliphatic heterocycles. The van der Waals surface area contributed by atoms with E-state index in [1.54, 1.807) is 11.3 Å². The summed E-state index contributed by atoms with van der Waals surface area (Å²) in [5.41, 5.74) is 1.88. The molecule has 0 bridgehead atoms. The van der Waals surface area contributed by atoms with Crippen molar-refractivity contribution in [2.45, 2.75) is 39.2 Å². The highest BCUT2D eigenvalue weighted by molar-refractivity contribution is 7.09. The minimum absolute atomic E-state index is 0.00252. The molecule has 0 saturated carbocycles. The lowest BCUT2D eigenvalue weighted by atomic mass is 10.1. The molecule has 3 heterocycles. The Balaban J connectivity index is 1.54. The monoisotopic (exact) mass is 320 g/mol. The van der Waals surface area contributed by atoms with Crippen LogP contribution in [0.3, 0.4) is 0 Å². The summed E-state index contributed by atoms with van der Waals surface area (Å²) in [4.78, 5) is 18.6. The second-order valence-corrected chi connectivity index (χ2v) is 6.62. The van der Waals surface area contributed by atoms with Gasteiger partial charge in [0.1, 0.15) is 0 Å². The average Bonchev–Trinajstić information content (AvgIpc) is 3.19. The van der Waals surface area contributed by atoms with E-state index >= 15 is 0 Å². The molecule has 0 aliphatic carbocycles. The van der Waals surface area contributed by atoms with E-state index in [4.69, 9.17) is 4.52 Å². The first-order valence-electron chi connectivity index (χ1n) is 7.52. The van der Waals surface area contributed by atoms with Gasteiger partial charge in [0.2, 0.25) is 0 Å². The molecular formula is C15H20N4O2S. The predicted molar refractivity (Wildman–Crippen MR) is 83.9 cm³/mol. The zero-order valence-electron chi connectivity index (χ0n) is 12.8. The number of nitrogens with one attached hydrogen (secondary N) is 1. The SMILES string of the molecule is Cc1cc([C@@H]2CCCN2C(=O)NCCc2csc(C)n2)on1. The largest absolute Gasteiger partial charge is 0.359 e. The highest BCUT2D eigenvalue weighted by Gasteiger charge is 2.32. The van der Waals surface area contributed by atoms with Crippen molar-refractivity contribution in [2.75, 3.05) is 13.1 Å². The number of hydrogen-bond donors (Lipinski definition) is 1. The lowest BCUT2D eigenvalue weighted by Crippen LogP contribution is -2.40. The molecular weight excluding hydrogens is 300 g/mol. The van der Waals surface area contributed by atoms with Crippen molar-refractivity contribution in [1.82, 2.24) is 20.4 Å². The van der Waals surface area contributed by atoms with E-state index < -0.39 is 0 Å². The van der Waals surface area contributed by atoms with Crippen molar-refractivity contribution in [3.05, 3.63) is 33.6 Å². The number of rotatable bonds is 4. The molecule has 2 aromatic heterocycles. The number of hydrogen-bond acceptors (Lipinski definition) is 5. The number of amides is 2. The first kappa shape index (κ1) is 15.0. The maximum absolute atomic E-state index is 12.4. The Hall–Kier alpha value is -1.89. The number of nitrogens with zero attached hydrogens (tertiary/aromatic N) is 3. The van der Waals surface area contributed by atoms with Gasteiger partial charge in [-0.1, -0.05) is 5.16 Å². The molecule has 1 fully saturated rings. The van der Waals surface area contributed by atoms with E-state index in [0.717, 1.165) is 48.0 Å². The van der Waals surface area contributed by atoms with Gasteiger partial charge in [-0.25, -0.2) is 9.78 Å². The smallest absolute Gasteiger partial charge is 0.318 e. The Labute approximate surface area is 133 Å². The molecule has 22 heavy (non-hydrogen) atoms. The average molecular weight is 320 g/mol. The molecule has 6 nitrogen and oxygen atoms in total. The van der Waals surface area contributed by atoms with E-state index in [9.17, 15) is 4.79 Å². The van der Waals surface area contributed by atoms with Gasteiger partial charge in [-0.3, -0.25) is 0 Å². The van der Waals surface area contributed by atoms with Gasteiger partial charge < -0.3 is 14.7 Å². The fourth-order valence-electron chi connectivity index (χ4n) is 2.77. The zero-order chi connectivity index (χ0) is 15.5. The van der Waals surface area contributed by atoms with Crippen molar-refractivity contribution < 1.29 is 9.32 Å². The summed E-state index contributed by atoms with van der Waals surface area (Å²) in [5.74, 6) is 0.778. The summed E-state index contributed by atoms with van der Waals surface area (Å²) in [6.07, 6.45) is 2.67. The van der Waals surface area contributed by atoms with E-state index in [-0.39, 0.29) is 12.1 Å². The van der Waals surface area contributed by atoms with Gasteiger partial charge in [-0.15, -0.1) is 11.3 Å². The molecule has 3 rings (SSSR count). The van der Waals surface area contributed by atoms with Gasteiger partial charge in [0, 0.05) is 31.0 Å². The Kier molecular flexibility index (Phi) is 4.42. The molecule has 2 amide bonds. The third-order valence-electron chi connectivity index (χ3n) is 3.81. The number of urea groups is 1. The molecule has 0 unspecified atom stereocenters. The van der Waals surface area contributed by atoms with Crippen LogP contribution in [0.4, 0.5) is 4.79 Å². The third-order valence-corrected chi connectivity index (χ3v) is 4.63. The Morgan fingerprint density at radius 2 is 2.41 bits per heavy atom. The molecule has 1 aliphatic rings. The second kappa shape index (κ2) is 6.48. The number of aromatic nitrogens is 2. The first-order chi connectivity index (χ1) is 10.6. The van der Waals surface area contributed by atoms with Crippen LogP contribution in [-0.4, -0.2) is 34.2 Å². The Morgan fingerprint density at radius 1 is 1.55 bits per heavy atom. The summed E-state index contributed by atoms with van der Waals surface area (Å²) >= 11 is 1.63. The van der Waals surface area contributed by atoms with Crippen LogP contribution in [0, 0.1) is 13.8 Å².